The lowest BCUT2D eigenvalue weighted by atomic mass is 9.93. The second kappa shape index (κ2) is 6.03. The van der Waals surface area contributed by atoms with Crippen LogP contribution in [0.15, 0.2) is 29.2 Å². The molecule has 126 valence electrons. The average molecular weight is 356 g/mol. The molecule has 4 rings (SSSR count). The first kappa shape index (κ1) is 15.9. The molecule has 1 saturated heterocycles. The van der Waals surface area contributed by atoms with Crippen LogP contribution in [0.4, 0.5) is 0 Å². The number of hydrogen-bond donors (Lipinski definition) is 1. The third-order valence-electron chi connectivity index (χ3n) is 6.08. The second-order valence-corrected chi connectivity index (χ2v) is 9.67. The summed E-state index contributed by atoms with van der Waals surface area (Å²) in [6.45, 7) is 3.16. The van der Waals surface area contributed by atoms with Gasteiger partial charge in [0.1, 0.15) is 0 Å². The summed E-state index contributed by atoms with van der Waals surface area (Å²) in [6, 6.07) is 7.28. The summed E-state index contributed by atoms with van der Waals surface area (Å²) in [6.07, 6.45) is 5.60. The number of nitrogens with one attached hydrogen (secondary N) is 1. The van der Waals surface area contributed by atoms with Gasteiger partial charge >= 0.3 is 0 Å². The van der Waals surface area contributed by atoms with Crippen LogP contribution >= 0.6 is 11.6 Å². The van der Waals surface area contributed by atoms with Gasteiger partial charge in [-0.3, -0.25) is 0 Å². The lowest BCUT2D eigenvalue weighted by Crippen LogP contribution is -3.18. The summed E-state index contributed by atoms with van der Waals surface area (Å²) in [4.78, 5) is 1.99. The Morgan fingerprint density at radius 2 is 1.74 bits per heavy atom. The van der Waals surface area contributed by atoms with Crippen molar-refractivity contribution < 1.29 is 13.3 Å². The third-order valence-corrected chi connectivity index (χ3v) is 8.24. The predicted molar refractivity (Wildman–Crippen MR) is 90.1 cm³/mol. The fraction of sp³-hybridized carbons (Fsp3) is 0.647. The number of quaternary nitrogens is 1. The van der Waals surface area contributed by atoms with Crippen molar-refractivity contribution in [2.24, 2.45) is 11.8 Å². The highest BCUT2D eigenvalue weighted by Crippen LogP contribution is 2.43. The largest absolute Gasteiger partial charge is 0.330 e. The topological polar surface area (TPSA) is 41.8 Å². The van der Waals surface area contributed by atoms with Gasteiger partial charge in [-0.05, 0) is 49.4 Å². The molecule has 0 radical (unpaired) electrons. The van der Waals surface area contributed by atoms with Crippen LogP contribution in [0.5, 0.6) is 0 Å². The van der Waals surface area contributed by atoms with Gasteiger partial charge in [-0.2, -0.15) is 4.31 Å². The van der Waals surface area contributed by atoms with Crippen molar-refractivity contribution in [1.82, 2.24) is 4.31 Å². The van der Waals surface area contributed by atoms with E-state index in [1.54, 1.807) is 33.5 Å². The zero-order valence-corrected chi connectivity index (χ0v) is 14.8. The number of piperazine rings is 1. The van der Waals surface area contributed by atoms with E-state index in [0.29, 0.717) is 23.0 Å². The number of fused-ring (bicyclic) bond motifs is 2. The molecule has 1 aromatic carbocycles. The van der Waals surface area contributed by atoms with Gasteiger partial charge < -0.3 is 4.90 Å². The van der Waals surface area contributed by atoms with E-state index in [2.05, 4.69) is 0 Å². The summed E-state index contributed by atoms with van der Waals surface area (Å²) in [7, 11) is -3.37. The molecule has 2 bridgehead atoms. The second-order valence-electron chi connectivity index (χ2n) is 7.30. The first-order valence-electron chi connectivity index (χ1n) is 8.64. The van der Waals surface area contributed by atoms with Crippen LogP contribution in [-0.4, -0.2) is 44.9 Å². The van der Waals surface area contributed by atoms with Crippen LogP contribution in [0.25, 0.3) is 0 Å². The lowest BCUT2D eigenvalue weighted by molar-refractivity contribution is -0.932. The molecule has 3 aliphatic rings. The number of hydrogen-bond acceptors (Lipinski definition) is 2. The van der Waals surface area contributed by atoms with Crippen LogP contribution in [0, 0.1) is 11.8 Å². The molecule has 0 unspecified atom stereocenters. The van der Waals surface area contributed by atoms with Crippen LogP contribution in [0.3, 0.4) is 0 Å². The van der Waals surface area contributed by atoms with Gasteiger partial charge in [-0.25, -0.2) is 8.42 Å². The van der Waals surface area contributed by atoms with Gasteiger partial charge in [0.05, 0.1) is 37.1 Å². The van der Waals surface area contributed by atoms with Gasteiger partial charge in [0, 0.05) is 17.4 Å². The Morgan fingerprint density at radius 3 is 2.30 bits per heavy atom. The minimum absolute atomic E-state index is 0.352. The highest BCUT2D eigenvalue weighted by Gasteiger charge is 2.46. The maximum Gasteiger partial charge on any atom is 0.243 e. The number of nitrogens with zero attached hydrogens (tertiary/aromatic N) is 1. The summed E-state index contributed by atoms with van der Waals surface area (Å²) < 4.78 is 27.1. The maximum absolute atomic E-state index is 12.7. The monoisotopic (exact) mass is 355 g/mol. The summed E-state index contributed by atoms with van der Waals surface area (Å²) in [5.41, 5.74) is 0. The Morgan fingerprint density at radius 1 is 1.04 bits per heavy atom. The molecular weight excluding hydrogens is 332 g/mol. The minimum Gasteiger partial charge on any atom is -0.330 e. The van der Waals surface area contributed by atoms with Crippen molar-refractivity contribution in [3.63, 3.8) is 0 Å². The number of rotatable bonds is 3. The molecule has 4 nitrogen and oxygen atoms in total. The van der Waals surface area contributed by atoms with Gasteiger partial charge in [0.2, 0.25) is 10.0 Å². The molecule has 2 saturated carbocycles. The van der Waals surface area contributed by atoms with E-state index < -0.39 is 10.0 Å². The smallest absolute Gasteiger partial charge is 0.243 e. The summed E-state index contributed by atoms with van der Waals surface area (Å²) in [5.74, 6) is 1.85. The lowest BCUT2D eigenvalue weighted by Gasteiger charge is -2.37. The van der Waals surface area contributed by atoms with Crippen molar-refractivity contribution in [3.05, 3.63) is 29.3 Å². The molecule has 1 N–H and O–H groups in total. The van der Waals surface area contributed by atoms with Crippen molar-refractivity contribution in [3.8, 4) is 0 Å². The van der Waals surface area contributed by atoms with E-state index in [0.717, 1.165) is 31.0 Å². The fourth-order valence-electron chi connectivity index (χ4n) is 4.88. The first-order valence-corrected chi connectivity index (χ1v) is 10.5. The Labute approximate surface area is 143 Å². The molecule has 6 heteroatoms. The molecule has 2 aliphatic carbocycles. The summed E-state index contributed by atoms with van der Waals surface area (Å²) >= 11 is 5.86. The molecule has 3 atom stereocenters. The number of benzene rings is 1. The van der Waals surface area contributed by atoms with Gasteiger partial charge in [0.25, 0.3) is 0 Å². The minimum atomic E-state index is -3.37. The zero-order valence-electron chi connectivity index (χ0n) is 13.2. The van der Waals surface area contributed by atoms with E-state index in [1.165, 1.54) is 25.7 Å². The van der Waals surface area contributed by atoms with Crippen molar-refractivity contribution in [2.75, 3.05) is 26.2 Å². The predicted octanol–water partition coefficient (Wildman–Crippen LogP) is 1.42. The molecular formula is C17H24ClN2O2S+. The molecule has 1 aromatic rings. The van der Waals surface area contributed by atoms with Crippen molar-refractivity contribution in [1.29, 1.82) is 0 Å². The van der Waals surface area contributed by atoms with Crippen LogP contribution in [0.2, 0.25) is 5.02 Å². The Hall–Kier alpha value is -0.620. The Balaban J connectivity index is 1.42. The van der Waals surface area contributed by atoms with Crippen LogP contribution < -0.4 is 4.90 Å². The van der Waals surface area contributed by atoms with E-state index in [1.807, 2.05) is 0 Å². The van der Waals surface area contributed by atoms with Crippen LogP contribution in [-0.2, 0) is 10.0 Å². The van der Waals surface area contributed by atoms with E-state index >= 15 is 0 Å². The standard InChI is InChI=1S/C17H23ClN2O2S/c18-15-3-5-16(6-4-15)23(21,22)20-9-7-19(8-10-20)17-12-13-1-2-14(17)11-13/h3-6,13-14,17H,1-2,7-12H2/p+1/t13-,14+,17-/m0/s1. The highest BCUT2D eigenvalue weighted by molar-refractivity contribution is 7.89. The molecule has 0 spiro atoms. The summed E-state index contributed by atoms with van der Waals surface area (Å²) in [5, 5.41) is 0.564. The normalized spacial score (nSPS) is 32.5. The van der Waals surface area contributed by atoms with Gasteiger partial charge in [0.15, 0.2) is 0 Å². The number of sulfonamides is 1. The molecule has 1 aliphatic heterocycles. The average Bonchev–Trinajstić information content (AvgIpc) is 3.18. The van der Waals surface area contributed by atoms with Crippen LogP contribution in [0.1, 0.15) is 25.7 Å². The molecule has 3 fully saturated rings. The van der Waals surface area contributed by atoms with E-state index in [4.69, 9.17) is 11.6 Å². The first-order chi connectivity index (χ1) is 11.0. The molecule has 1 heterocycles. The molecule has 0 aromatic heterocycles. The molecule has 0 amide bonds. The fourth-order valence-corrected chi connectivity index (χ4v) is 6.45. The quantitative estimate of drug-likeness (QED) is 0.891. The zero-order chi connectivity index (χ0) is 16.0. The van der Waals surface area contributed by atoms with Gasteiger partial charge in [-0.15, -0.1) is 0 Å². The van der Waals surface area contributed by atoms with E-state index in [-0.39, 0.29) is 0 Å². The third kappa shape index (κ3) is 2.93. The van der Waals surface area contributed by atoms with Gasteiger partial charge in [-0.1, -0.05) is 11.6 Å². The Kier molecular flexibility index (Phi) is 4.16. The molecule has 23 heavy (non-hydrogen) atoms. The van der Waals surface area contributed by atoms with Crippen molar-refractivity contribution >= 4 is 21.6 Å². The van der Waals surface area contributed by atoms with Crippen molar-refractivity contribution in [2.45, 2.75) is 36.6 Å². The SMILES string of the molecule is O=S(=O)(c1ccc(Cl)cc1)N1CC[NH+]([C@H]2C[C@H]3CC[C@@H]2C3)CC1. The highest BCUT2D eigenvalue weighted by atomic mass is 35.5. The van der Waals surface area contributed by atoms with E-state index in [9.17, 15) is 8.42 Å². The Bertz CT molecular complexity index is 668. The maximum atomic E-state index is 12.7. The number of halogens is 1.